The summed E-state index contributed by atoms with van der Waals surface area (Å²) in [5.74, 6) is 0. The van der Waals surface area contributed by atoms with Crippen molar-refractivity contribution in [3.05, 3.63) is 78.1 Å². The zero-order valence-electron chi connectivity index (χ0n) is 15.4. The highest BCUT2D eigenvalue weighted by molar-refractivity contribution is 7.17. The second-order valence-electron chi connectivity index (χ2n) is 6.83. The van der Waals surface area contributed by atoms with Crippen LogP contribution < -0.4 is 5.73 Å². The molecule has 0 atom stereocenters. The Bertz CT molecular complexity index is 1250. The number of hydrogen-bond donors (Lipinski definition) is 1. The Balaban J connectivity index is 1.70. The first-order valence-corrected chi connectivity index (χ1v) is 10.3. The monoisotopic (exact) mass is 384 g/mol. The van der Waals surface area contributed by atoms with E-state index >= 15 is 0 Å². The van der Waals surface area contributed by atoms with Crippen LogP contribution in [0.15, 0.2) is 72.4 Å². The first kappa shape index (κ1) is 17.1. The molecule has 3 heterocycles. The lowest BCUT2D eigenvalue weighted by molar-refractivity contribution is 0.809. The Morgan fingerprint density at radius 2 is 1.68 bits per heavy atom. The van der Waals surface area contributed by atoms with E-state index in [-0.39, 0.29) is 0 Å². The molecule has 2 aromatic carbocycles. The minimum Gasteiger partial charge on any atom is -0.330 e. The van der Waals surface area contributed by atoms with Gasteiger partial charge < -0.3 is 10.1 Å². The number of hydrogen-bond acceptors (Lipinski definition) is 4. The van der Waals surface area contributed by atoms with Crippen LogP contribution in [0.2, 0.25) is 0 Å². The number of nitrogens with zero attached hydrogens (tertiary/aromatic N) is 3. The molecule has 0 radical (unpaired) electrons. The molecule has 5 aromatic rings. The van der Waals surface area contributed by atoms with Gasteiger partial charge in [0.05, 0.1) is 17.1 Å². The molecule has 5 rings (SSSR count). The molecule has 5 heteroatoms. The molecule has 0 fully saturated rings. The molecule has 0 saturated carbocycles. The van der Waals surface area contributed by atoms with E-state index in [9.17, 15) is 0 Å². The number of benzene rings is 2. The molecule has 0 saturated heterocycles. The van der Waals surface area contributed by atoms with Gasteiger partial charge in [0, 0.05) is 39.0 Å². The van der Waals surface area contributed by atoms with Gasteiger partial charge in [0.25, 0.3) is 0 Å². The lowest BCUT2D eigenvalue weighted by Crippen LogP contribution is -2.04. The van der Waals surface area contributed by atoms with Crippen molar-refractivity contribution in [1.82, 2.24) is 14.4 Å². The summed E-state index contributed by atoms with van der Waals surface area (Å²) in [7, 11) is 0. The summed E-state index contributed by atoms with van der Waals surface area (Å²) < 4.78 is 3.39. The highest BCUT2D eigenvalue weighted by Gasteiger charge is 2.14. The fraction of sp³-hybridized carbons (Fsp3) is 0.130. The van der Waals surface area contributed by atoms with E-state index in [0.29, 0.717) is 6.54 Å². The van der Waals surface area contributed by atoms with Crippen molar-refractivity contribution >= 4 is 27.1 Å². The minimum atomic E-state index is 0.645. The second-order valence-corrected chi connectivity index (χ2v) is 7.74. The van der Waals surface area contributed by atoms with Crippen LogP contribution in [0, 0.1) is 0 Å². The summed E-state index contributed by atoms with van der Waals surface area (Å²) in [6.07, 6.45) is 5.90. The van der Waals surface area contributed by atoms with Crippen molar-refractivity contribution < 1.29 is 0 Å². The molecule has 138 valence electrons. The second kappa shape index (κ2) is 7.19. The average Bonchev–Trinajstić information content (AvgIpc) is 3.37. The zero-order chi connectivity index (χ0) is 18.9. The van der Waals surface area contributed by atoms with Gasteiger partial charge >= 0.3 is 0 Å². The van der Waals surface area contributed by atoms with Gasteiger partial charge in [-0.05, 0) is 25.5 Å². The van der Waals surface area contributed by atoms with Crippen LogP contribution >= 0.6 is 11.3 Å². The Kier molecular flexibility index (Phi) is 4.39. The van der Waals surface area contributed by atoms with Crippen molar-refractivity contribution in [3.8, 4) is 22.5 Å². The third-order valence-corrected chi connectivity index (χ3v) is 5.91. The predicted octanol–water partition coefficient (Wildman–Crippen LogP) is 5.17. The van der Waals surface area contributed by atoms with Gasteiger partial charge in [0.15, 0.2) is 5.65 Å². The fourth-order valence-electron chi connectivity index (χ4n) is 3.55. The first-order chi connectivity index (χ1) is 13.8. The zero-order valence-corrected chi connectivity index (χ0v) is 16.2. The molecule has 0 spiro atoms. The highest BCUT2D eigenvalue weighted by atomic mass is 32.1. The topological polar surface area (TPSA) is 56.2 Å². The predicted molar refractivity (Wildman–Crippen MR) is 117 cm³/mol. The molecule has 0 aliphatic carbocycles. The summed E-state index contributed by atoms with van der Waals surface area (Å²) in [5, 5.41) is 3.44. The maximum atomic E-state index is 5.77. The van der Waals surface area contributed by atoms with Gasteiger partial charge in [-0.1, -0.05) is 48.5 Å². The molecule has 0 aliphatic rings. The molecular formula is C23H20N4S. The van der Waals surface area contributed by atoms with Crippen molar-refractivity contribution in [2.24, 2.45) is 5.73 Å². The van der Waals surface area contributed by atoms with Gasteiger partial charge in [-0.15, -0.1) is 11.3 Å². The molecule has 3 aromatic heterocycles. The van der Waals surface area contributed by atoms with Gasteiger partial charge in [0.2, 0.25) is 0 Å². The van der Waals surface area contributed by atoms with Crippen LogP contribution in [0.4, 0.5) is 0 Å². The number of aromatic nitrogens is 3. The number of thiophene rings is 1. The quantitative estimate of drug-likeness (QED) is 0.455. The number of rotatable bonds is 5. The van der Waals surface area contributed by atoms with E-state index in [1.807, 2.05) is 18.2 Å². The Labute approximate surface area is 167 Å². The Hall–Kier alpha value is -3.02. The number of fused-ring (bicyclic) bond motifs is 2. The first-order valence-electron chi connectivity index (χ1n) is 9.44. The largest absolute Gasteiger partial charge is 0.330 e. The van der Waals surface area contributed by atoms with Crippen molar-refractivity contribution in [2.75, 3.05) is 6.54 Å². The van der Waals surface area contributed by atoms with Crippen LogP contribution in [0.3, 0.4) is 0 Å². The van der Waals surface area contributed by atoms with E-state index < -0.39 is 0 Å². The lowest BCUT2D eigenvalue weighted by Gasteiger charge is -2.07. The molecule has 0 amide bonds. The van der Waals surface area contributed by atoms with Crippen molar-refractivity contribution in [2.45, 2.75) is 12.8 Å². The maximum Gasteiger partial charge on any atom is 0.159 e. The lowest BCUT2D eigenvalue weighted by atomic mass is 10.1. The minimum absolute atomic E-state index is 0.645. The summed E-state index contributed by atoms with van der Waals surface area (Å²) >= 11 is 1.76. The smallest absolute Gasteiger partial charge is 0.159 e. The fourth-order valence-corrected chi connectivity index (χ4v) is 4.51. The third-order valence-electron chi connectivity index (χ3n) is 4.95. The molecule has 4 nitrogen and oxygen atoms in total. The molecule has 0 bridgehead atoms. The van der Waals surface area contributed by atoms with Gasteiger partial charge in [-0.2, -0.15) is 0 Å². The van der Waals surface area contributed by atoms with E-state index in [4.69, 9.17) is 15.7 Å². The summed E-state index contributed by atoms with van der Waals surface area (Å²) in [5.41, 5.74) is 11.9. The van der Waals surface area contributed by atoms with Crippen LogP contribution in [0.1, 0.15) is 12.1 Å². The molecule has 0 aliphatic heterocycles. The van der Waals surface area contributed by atoms with E-state index in [0.717, 1.165) is 41.1 Å². The van der Waals surface area contributed by atoms with E-state index in [1.54, 1.807) is 11.3 Å². The van der Waals surface area contributed by atoms with Gasteiger partial charge in [-0.3, -0.25) is 0 Å². The normalized spacial score (nSPS) is 11.5. The molecular weight excluding hydrogens is 364 g/mol. The maximum absolute atomic E-state index is 5.77. The summed E-state index contributed by atoms with van der Waals surface area (Å²) in [4.78, 5) is 9.89. The van der Waals surface area contributed by atoms with Crippen molar-refractivity contribution in [3.63, 3.8) is 0 Å². The number of aryl methyl sites for hydroxylation is 1. The van der Waals surface area contributed by atoms with E-state index in [2.05, 4.69) is 58.6 Å². The molecule has 2 N–H and O–H groups in total. The number of nitrogens with two attached hydrogens (primary N) is 1. The Morgan fingerprint density at radius 3 is 2.54 bits per heavy atom. The number of imidazole rings is 1. The van der Waals surface area contributed by atoms with Crippen LogP contribution in [0.5, 0.6) is 0 Å². The molecule has 0 unspecified atom stereocenters. The van der Waals surface area contributed by atoms with Gasteiger partial charge in [-0.25, -0.2) is 9.97 Å². The van der Waals surface area contributed by atoms with Crippen LogP contribution in [-0.2, 0) is 6.42 Å². The average molecular weight is 385 g/mol. The summed E-state index contributed by atoms with van der Waals surface area (Å²) in [6.45, 7) is 0.645. The standard InChI is InChI=1S/C23H20N4S/c24-12-6-10-19-23-26-20(16-7-2-1-3-8-16)13-27(23)14-21(25-19)18-15-28-22-11-5-4-9-17(18)22/h1-5,7-9,11,13-15H,6,10,12,24H2. The van der Waals surface area contributed by atoms with Gasteiger partial charge in [0.1, 0.15) is 0 Å². The molecule has 28 heavy (non-hydrogen) atoms. The van der Waals surface area contributed by atoms with Crippen LogP contribution in [-0.4, -0.2) is 20.9 Å². The van der Waals surface area contributed by atoms with E-state index in [1.165, 1.54) is 15.6 Å². The highest BCUT2D eigenvalue weighted by Crippen LogP contribution is 2.33. The SMILES string of the molecule is NCCCc1nc(-c2csc3ccccc23)cn2cc(-c3ccccc3)nc12. The van der Waals surface area contributed by atoms with Crippen molar-refractivity contribution in [1.29, 1.82) is 0 Å². The Morgan fingerprint density at radius 1 is 0.893 bits per heavy atom. The third kappa shape index (κ3) is 2.99. The van der Waals surface area contributed by atoms with Crippen LogP contribution in [0.25, 0.3) is 38.2 Å². The summed E-state index contributed by atoms with van der Waals surface area (Å²) in [6, 6.07) is 18.7.